The molecule has 1 aromatic heterocycles. The average molecular weight is 502 g/mol. The second-order valence-corrected chi connectivity index (χ2v) is 9.45. The second kappa shape index (κ2) is 11.9. The highest BCUT2D eigenvalue weighted by Gasteiger charge is 2.24. The number of benzene rings is 2. The van der Waals surface area contributed by atoms with Gasteiger partial charge in [-0.25, -0.2) is 0 Å². The van der Waals surface area contributed by atoms with Gasteiger partial charge in [0.2, 0.25) is 5.91 Å². The summed E-state index contributed by atoms with van der Waals surface area (Å²) in [7, 11) is 3.42. The lowest BCUT2D eigenvalue weighted by Crippen LogP contribution is -2.31. The molecule has 10 heteroatoms. The molecule has 0 saturated carbocycles. The number of amides is 2. The number of nitrogens with zero attached hydrogens (tertiary/aromatic N) is 3. The molecule has 0 spiro atoms. The molecule has 34 heavy (non-hydrogen) atoms. The Balaban J connectivity index is 1.67. The molecule has 0 unspecified atom stereocenters. The van der Waals surface area contributed by atoms with Gasteiger partial charge in [0, 0.05) is 12.7 Å². The summed E-state index contributed by atoms with van der Waals surface area (Å²) in [5.41, 5.74) is 1.09. The van der Waals surface area contributed by atoms with E-state index in [1.165, 1.54) is 11.8 Å². The van der Waals surface area contributed by atoms with Gasteiger partial charge in [0.05, 0.1) is 29.5 Å². The van der Waals surface area contributed by atoms with Crippen molar-refractivity contribution in [3.05, 3.63) is 64.9 Å². The van der Waals surface area contributed by atoms with E-state index in [-0.39, 0.29) is 23.6 Å². The van der Waals surface area contributed by atoms with E-state index < -0.39 is 0 Å². The zero-order valence-electron chi connectivity index (χ0n) is 19.5. The molecule has 3 rings (SSSR count). The molecule has 0 saturated heterocycles. The summed E-state index contributed by atoms with van der Waals surface area (Å²) in [4.78, 5) is 25.2. The fraction of sp³-hybridized carbons (Fsp3) is 0.333. The van der Waals surface area contributed by atoms with E-state index in [9.17, 15) is 9.59 Å². The van der Waals surface area contributed by atoms with Crippen LogP contribution in [0.1, 0.15) is 42.5 Å². The molecule has 8 nitrogen and oxygen atoms in total. The summed E-state index contributed by atoms with van der Waals surface area (Å²) >= 11 is 7.47. The van der Waals surface area contributed by atoms with E-state index in [1.54, 1.807) is 55.6 Å². The smallest absolute Gasteiger partial charge is 0.253 e. The number of anilines is 1. The molecule has 0 radical (unpaired) electrons. The number of nitrogens with one attached hydrogen (secondary N) is 2. The van der Waals surface area contributed by atoms with Crippen molar-refractivity contribution in [3.8, 4) is 5.75 Å². The summed E-state index contributed by atoms with van der Waals surface area (Å²) in [5.74, 6) is 1.37. The Morgan fingerprint density at radius 2 is 1.82 bits per heavy atom. The Hall–Kier alpha value is -3.04. The van der Waals surface area contributed by atoms with Crippen LogP contribution < -0.4 is 15.4 Å². The van der Waals surface area contributed by atoms with Gasteiger partial charge in [0.1, 0.15) is 5.75 Å². The number of aromatic nitrogens is 3. The van der Waals surface area contributed by atoms with Crippen molar-refractivity contribution in [2.24, 2.45) is 13.0 Å². The first-order chi connectivity index (χ1) is 16.3. The molecule has 2 N–H and O–H groups in total. The van der Waals surface area contributed by atoms with Crippen LogP contribution in [-0.4, -0.2) is 39.4 Å². The summed E-state index contributed by atoms with van der Waals surface area (Å²) in [5, 5.41) is 15.4. The van der Waals surface area contributed by atoms with Gasteiger partial charge >= 0.3 is 0 Å². The maximum absolute atomic E-state index is 12.9. The van der Waals surface area contributed by atoms with E-state index in [0.717, 1.165) is 5.75 Å². The number of carbonyl (C=O) groups excluding carboxylic acids is 2. The number of thioether (sulfide) groups is 1. The summed E-state index contributed by atoms with van der Waals surface area (Å²) in [6.07, 6.45) is 0.671. The highest BCUT2D eigenvalue weighted by Crippen LogP contribution is 2.25. The van der Waals surface area contributed by atoms with Gasteiger partial charge < -0.3 is 19.9 Å². The van der Waals surface area contributed by atoms with Crippen molar-refractivity contribution in [2.45, 2.75) is 31.5 Å². The minimum atomic E-state index is -0.358. The Morgan fingerprint density at radius 1 is 1.12 bits per heavy atom. The monoisotopic (exact) mass is 501 g/mol. The highest BCUT2D eigenvalue weighted by atomic mass is 35.5. The van der Waals surface area contributed by atoms with Gasteiger partial charge in [0.15, 0.2) is 11.0 Å². The molecular weight excluding hydrogens is 474 g/mol. The lowest BCUT2D eigenvalue weighted by molar-refractivity contribution is -0.113. The number of hydrogen-bond acceptors (Lipinski definition) is 6. The number of hydrogen-bond donors (Lipinski definition) is 2. The minimum Gasteiger partial charge on any atom is -0.497 e. The zero-order valence-corrected chi connectivity index (χ0v) is 21.1. The summed E-state index contributed by atoms with van der Waals surface area (Å²) in [6.45, 7) is 4.15. The van der Waals surface area contributed by atoms with Crippen molar-refractivity contribution in [1.29, 1.82) is 0 Å². The Morgan fingerprint density at radius 3 is 2.47 bits per heavy atom. The zero-order chi connectivity index (χ0) is 24.7. The van der Waals surface area contributed by atoms with E-state index in [2.05, 4.69) is 34.7 Å². The predicted molar refractivity (Wildman–Crippen MR) is 134 cm³/mol. The minimum absolute atomic E-state index is 0.162. The Bertz CT molecular complexity index is 1130. The molecule has 1 heterocycles. The summed E-state index contributed by atoms with van der Waals surface area (Å²) < 4.78 is 6.94. The van der Waals surface area contributed by atoms with Crippen LogP contribution in [0.25, 0.3) is 0 Å². The van der Waals surface area contributed by atoms with Crippen LogP contribution in [0, 0.1) is 5.92 Å². The lowest BCUT2D eigenvalue weighted by atomic mass is 10.0. The SMILES string of the molecule is COc1ccc(NC(=O)CSc2nnc([C@H](CC(C)C)NC(=O)c3ccccc3Cl)n2C)cc1. The van der Waals surface area contributed by atoms with E-state index in [0.29, 0.717) is 39.6 Å². The topological polar surface area (TPSA) is 98.1 Å². The molecule has 0 fully saturated rings. The quantitative estimate of drug-likeness (QED) is 0.390. The fourth-order valence-corrected chi connectivity index (χ4v) is 4.28. The molecule has 0 aliphatic rings. The third-order valence-corrected chi connectivity index (χ3v) is 6.37. The lowest BCUT2D eigenvalue weighted by Gasteiger charge is -2.20. The fourth-order valence-electron chi connectivity index (χ4n) is 3.34. The third-order valence-electron chi connectivity index (χ3n) is 5.02. The van der Waals surface area contributed by atoms with Crippen LogP contribution >= 0.6 is 23.4 Å². The van der Waals surface area contributed by atoms with E-state index in [4.69, 9.17) is 16.3 Å². The van der Waals surface area contributed by atoms with E-state index >= 15 is 0 Å². The van der Waals surface area contributed by atoms with Crippen LogP contribution in [0.5, 0.6) is 5.75 Å². The maximum Gasteiger partial charge on any atom is 0.253 e. The largest absolute Gasteiger partial charge is 0.497 e. The van der Waals surface area contributed by atoms with Crippen LogP contribution in [0.3, 0.4) is 0 Å². The number of carbonyl (C=O) groups is 2. The number of halogens is 1. The van der Waals surface area contributed by atoms with Crippen LogP contribution in [0.15, 0.2) is 53.7 Å². The van der Waals surface area contributed by atoms with Gasteiger partial charge in [-0.2, -0.15) is 0 Å². The molecule has 1 atom stereocenters. The average Bonchev–Trinajstić information content (AvgIpc) is 3.18. The van der Waals surface area contributed by atoms with Gasteiger partial charge in [-0.3, -0.25) is 9.59 Å². The third kappa shape index (κ3) is 6.74. The number of methoxy groups -OCH3 is 1. The summed E-state index contributed by atoms with van der Waals surface area (Å²) in [6, 6.07) is 13.7. The number of rotatable bonds is 10. The maximum atomic E-state index is 12.9. The van der Waals surface area contributed by atoms with Gasteiger partial charge in [0.25, 0.3) is 5.91 Å². The first-order valence-corrected chi connectivity index (χ1v) is 12.2. The molecular formula is C24H28ClN5O3S. The molecule has 0 aliphatic heterocycles. The van der Waals surface area contributed by atoms with Gasteiger partial charge in [-0.1, -0.05) is 49.3 Å². The van der Waals surface area contributed by atoms with Crippen LogP contribution in [0.2, 0.25) is 5.02 Å². The Labute approximate surface area is 208 Å². The normalized spacial score (nSPS) is 11.8. The van der Waals surface area contributed by atoms with Crippen molar-refractivity contribution in [2.75, 3.05) is 18.2 Å². The van der Waals surface area contributed by atoms with Crippen molar-refractivity contribution < 1.29 is 14.3 Å². The highest BCUT2D eigenvalue weighted by molar-refractivity contribution is 7.99. The predicted octanol–water partition coefficient (Wildman–Crippen LogP) is 4.73. The van der Waals surface area contributed by atoms with Crippen molar-refractivity contribution >= 4 is 40.9 Å². The van der Waals surface area contributed by atoms with Crippen LogP contribution in [0.4, 0.5) is 5.69 Å². The van der Waals surface area contributed by atoms with Gasteiger partial charge in [-0.15, -0.1) is 10.2 Å². The molecule has 0 bridgehead atoms. The number of ether oxygens (including phenoxy) is 1. The molecule has 180 valence electrons. The van der Waals surface area contributed by atoms with E-state index in [1.807, 2.05) is 11.6 Å². The van der Waals surface area contributed by atoms with Crippen molar-refractivity contribution in [1.82, 2.24) is 20.1 Å². The van der Waals surface area contributed by atoms with Crippen LogP contribution in [-0.2, 0) is 11.8 Å². The van der Waals surface area contributed by atoms with Gasteiger partial charge in [-0.05, 0) is 48.7 Å². The second-order valence-electron chi connectivity index (χ2n) is 8.10. The first kappa shape index (κ1) is 25.6. The molecule has 3 aromatic rings. The molecule has 0 aliphatic carbocycles. The standard InChI is InChI=1S/C24H28ClN5O3S/c1-15(2)13-20(27-23(32)18-7-5-6-8-19(18)25)22-28-29-24(30(22)3)34-14-21(31)26-16-9-11-17(33-4)12-10-16/h5-12,15,20H,13-14H2,1-4H3,(H,26,31)(H,27,32)/t20-/m0/s1. The first-order valence-electron chi connectivity index (χ1n) is 10.8. The molecule has 2 amide bonds. The van der Waals surface area contributed by atoms with Crippen molar-refractivity contribution in [3.63, 3.8) is 0 Å². The Kier molecular flexibility index (Phi) is 8.95. The molecule has 2 aromatic carbocycles.